The fourth-order valence-electron chi connectivity index (χ4n) is 27.9. The van der Waals surface area contributed by atoms with Crippen molar-refractivity contribution in [3.63, 3.8) is 0 Å². The Morgan fingerprint density at radius 3 is 0.894 bits per heavy atom. The van der Waals surface area contributed by atoms with Crippen molar-refractivity contribution < 1.29 is 44.2 Å². The molecule has 6 aliphatic carbocycles. The molecule has 12 unspecified atom stereocenters. The van der Waals surface area contributed by atoms with Crippen LogP contribution in [0.4, 0.5) is 0 Å². The number of rotatable bonds is 33. The molecule has 3 aromatic carbocycles. The summed E-state index contributed by atoms with van der Waals surface area (Å²) in [5, 5.41) is 41.4. The number of aromatic nitrogens is 6. The van der Waals surface area contributed by atoms with Gasteiger partial charge in [-0.2, -0.15) is 0 Å². The molecule has 12 fully saturated rings. The zero-order valence-electron chi connectivity index (χ0n) is 80.6. The van der Waals surface area contributed by atoms with E-state index < -0.39 is 17.9 Å². The zero-order valence-corrected chi connectivity index (χ0v) is 80.6. The maximum Gasteiger partial charge on any atom is 0.303 e. The number of para-hydroxylation sites is 6. The number of hydrogen-bond donors (Lipinski definition) is 3. The first kappa shape index (κ1) is 96.8. The van der Waals surface area contributed by atoms with Gasteiger partial charge in [0.1, 0.15) is 37.0 Å². The van der Waals surface area contributed by atoms with Gasteiger partial charge in [-0.3, -0.25) is 43.5 Å². The summed E-state index contributed by atoms with van der Waals surface area (Å²) in [6, 6.07) is 28.8. The molecule has 0 radical (unpaired) electrons. The molecular formula is C105H153N15O12. The molecule has 18 rings (SSSR count). The predicted molar refractivity (Wildman–Crippen MR) is 519 cm³/mol. The standard InChI is InChI=1S/C36H53N5O4.C35H51N5O4.C34H49N5O4/c1-4-39(5-2)15-16-45-38-32(13-14-34(42)43)35-36(44)41(33-12-7-6-11-31(33)37-35)30-22-27-9-8-10-28(23-30)40(27)29-20-25-17-24(3)18-26(19-25)21-29;1-23-16-24-18-25(17-23)20-28(19-24)39-26-8-6-9-27(39)22-29(21-26)40-32-11-5-4-10-30(32)36-34(35(40)43)31(12-13-33(41)42)37-44-15-7-14-38(2)3;1-22-15-23-17-24(16-22)19-27(18-23)38-25-7-6-8-26(38)21-28(20-25)39-31-10-5-4-9-29(31)35-33(34(39)42)30(11-12-32(40)41)36-43-14-13-37(2)3/h6-7,11-12,24-30H,4-5,8-10,13-23H2,1-3H3,(H,42,43);4-5,10-11,23-29H,6-9,12-22H2,1-3H3,(H,41,42);4-5,9-10,22-28H,6-8,11-21H2,1-3H3,(H,40,41)/b38-32+;37-31+;36-30+. The first-order valence-corrected chi connectivity index (χ1v) is 51.5. The van der Waals surface area contributed by atoms with Crippen LogP contribution in [0.1, 0.15) is 307 Å². The molecule has 6 saturated carbocycles. The van der Waals surface area contributed by atoms with E-state index in [1.807, 2.05) is 120 Å². The molecule has 3 aromatic heterocycles. The van der Waals surface area contributed by atoms with Gasteiger partial charge in [0, 0.05) is 111 Å². The third kappa shape index (κ3) is 23.3. The van der Waals surface area contributed by atoms with Gasteiger partial charge in [0.25, 0.3) is 16.7 Å². The van der Waals surface area contributed by atoms with Crippen molar-refractivity contribution in [3.05, 3.63) is 121 Å². The van der Waals surface area contributed by atoms with Crippen molar-refractivity contribution in [1.82, 2.24) is 58.1 Å². The molecule has 9 heterocycles. The van der Waals surface area contributed by atoms with E-state index in [2.05, 4.69) is 74.6 Å². The summed E-state index contributed by atoms with van der Waals surface area (Å²) < 4.78 is 5.96. The highest BCUT2D eigenvalue weighted by Gasteiger charge is 2.51. The van der Waals surface area contributed by atoms with Crippen LogP contribution in [0, 0.1) is 53.3 Å². The SMILES string of the molecule is CC1CC2CC(C1)CC(N1C3CCCC1CC(n1c(=O)c(/C(CCC(=O)O)=N/OCCCN(C)C)nc4ccccc41)C3)C2.CC1CC2CC(C1)CC(N1C3CCCC1CC(n1c(=O)c(/C(CCC(=O)O)=N/OCCN(C)C)nc4ccccc41)C3)C2.CCN(CC)CCO/N=C(\CCC(=O)O)c1nc2ccccc2n(C2CC3CCCC(C2)N3C2CC3CC(C)CC(C3)C2)c1=O. The molecule has 6 saturated heterocycles. The highest BCUT2D eigenvalue weighted by Crippen LogP contribution is 2.53. The van der Waals surface area contributed by atoms with Gasteiger partial charge in [0.15, 0.2) is 17.1 Å². The minimum absolute atomic E-state index is 0.0723. The fourth-order valence-corrected chi connectivity index (χ4v) is 27.9. The van der Waals surface area contributed by atoms with Crippen molar-refractivity contribution >= 4 is 68.1 Å². The third-order valence-electron chi connectivity index (χ3n) is 32.7. The van der Waals surface area contributed by atoms with Crippen LogP contribution in [0.15, 0.2) is 103 Å². The number of carbonyl (C=O) groups is 3. The van der Waals surface area contributed by atoms with E-state index in [-0.39, 0.29) is 90.4 Å². The first-order valence-electron chi connectivity index (χ1n) is 51.5. The van der Waals surface area contributed by atoms with Crippen LogP contribution in [0.3, 0.4) is 0 Å². The Morgan fingerprint density at radius 1 is 0.348 bits per heavy atom. The Balaban J connectivity index is 0.000000144. The minimum Gasteiger partial charge on any atom is -0.481 e. The highest BCUT2D eigenvalue weighted by molar-refractivity contribution is 6.02. The maximum absolute atomic E-state index is 14.5. The summed E-state index contributed by atoms with van der Waals surface area (Å²) in [4.78, 5) is 124. The molecular weight excluding hydrogens is 1660 g/mol. The maximum atomic E-state index is 14.5. The number of piperidine rings is 6. The Hall–Kier alpha value is -8.34. The molecule has 12 aliphatic rings. The number of benzene rings is 3. The number of carboxylic acids is 3. The normalized spacial score (nSPS) is 30.9. The molecule has 6 aliphatic heterocycles. The van der Waals surface area contributed by atoms with E-state index in [1.165, 1.54) is 154 Å². The summed E-state index contributed by atoms with van der Waals surface area (Å²) in [7, 11) is 7.90. The predicted octanol–water partition coefficient (Wildman–Crippen LogP) is 17.1. The molecule has 0 amide bonds. The minimum atomic E-state index is -0.941. The summed E-state index contributed by atoms with van der Waals surface area (Å²) in [5.41, 5.74) is 5.82. The summed E-state index contributed by atoms with van der Waals surface area (Å²) in [6.45, 7) is 16.7. The van der Waals surface area contributed by atoms with Crippen molar-refractivity contribution in [2.24, 2.45) is 68.7 Å². The van der Waals surface area contributed by atoms with Gasteiger partial charge in [-0.15, -0.1) is 0 Å². The van der Waals surface area contributed by atoms with Gasteiger partial charge in [0.2, 0.25) is 0 Å². The van der Waals surface area contributed by atoms with Crippen molar-refractivity contribution in [2.45, 2.75) is 345 Å². The lowest BCUT2D eigenvalue weighted by atomic mass is 9.65. The molecule has 12 bridgehead atoms. The van der Waals surface area contributed by atoms with E-state index in [9.17, 15) is 44.1 Å². The smallest absolute Gasteiger partial charge is 0.303 e. The van der Waals surface area contributed by atoms with Gasteiger partial charge in [-0.25, -0.2) is 15.0 Å². The van der Waals surface area contributed by atoms with Crippen LogP contribution < -0.4 is 16.7 Å². The molecule has 720 valence electrons. The Bertz CT molecular complexity index is 5120. The average Bonchev–Trinajstić information content (AvgIpc) is 0.751. The second-order valence-electron chi connectivity index (χ2n) is 43.1. The van der Waals surface area contributed by atoms with E-state index >= 15 is 0 Å². The molecule has 27 nitrogen and oxygen atoms in total. The van der Waals surface area contributed by atoms with E-state index in [0.717, 1.165) is 151 Å². The quantitative estimate of drug-likeness (QED) is 0.0196. The van der Waals surface area contributed by atoms with E-state index in [1.54, 1.807) is 0 Å². The van der Waals surface area contributed by atoms with Gasteiger partial charge < -0.3 is 58.2 Å². The molecule has 27 heteroatoms. The third-order valence-corrected chi connectivity index (χ3v) is 32.7. The number of likely N-dealkylation sites (N-methyl/N-ethyl adjacent to an activating group) is 2. The lowest BCUT2D eigenvalue weighted by Gasteiger charge is -2.55. The van der Waals surface area contributed by atoms with Crippen LogP contribution in [-0.4, -0.2) is 244 Å². The van der Waals surface area contributed by atoms with Crippen LogP contribution in [0.25, 0.3) is 33.1 Å². The van der Waals surface area contributed by atoms with Crippen molar-refractivity contribution in [2.75, 3.05) is 80.7 Å². The van der Waals surface area contributed by atoms with Gasteiger partial charge >= 0.3 is 17.9 Å². The molecule has 132 heavy (non-hydrogen) atoms. The van der Waals surface area contributed by atoms with Crippen LogP contribution >= 0.6 is 0 Å². The molecule has 12 atom stereocenters. The molecule has 0 spiro atoms. The van der Waals surface area contributed by atoms with Crippen molar-refractivity contribution in [1.29, 1.82) is 0 Å². The Morgan fingerprint density at radius 2 is 0.621 bits per heavy atom. The highest BCUT2D eigenvalue weighted by atomic mass is 16.6. The first-order chi connectivity index (χ1) is 63.9. The monoisotopic (exact) mass is 1820 g/mol. The average molecular weight is 1820 g/mol. The Kier molecular flexibility index (Phi) is 32.7. The number of nitrogens with zero attached hydrogens (tertiary/aromatic N) is 15. The number of carboxylic acid groups (broad SMARTS) is 3. The van der Waals surface area contributed by atoms with Gasteiger partial charge in [0.05, 0.1) is 52.4 Å². The van der Waals surface area contributed by atoms with Crippen LogP contribution in [-0.2, 0) is 28.9 Å². The second-order valence-corrected chi connectivity index (χ2v) is 43.1. The fraction of sp³-hybridized carbons (Fsp3) is 0.714. The topological polar surface area (TPSA) is 301 Å². The van der Waals surface area contributed by atoms with Crippen LogP contribution in [0.2, 0.25) is 0 Å². The molecule has 3 N–H and O–H groups in total. The molecule has 6 aromatic rings. The number of fused-ring (bicyclic) bond motifs is 15. The summed E-state index contributed by atoms with van der Waals surface area (Å²) in [6.07, 6.45) is 38.1. The lowest BCUT2D eigenvalue weighted by Crippen LogP contribution is -2.59. The van der Waals surface area contributed by atoms with E-state index in [4.69, 9.17) is 29.5 Å². The largest absolute Gasteiger partial charge is 0.481 e. The zero-order chi connectivity index (χ0) is 92.4. The van der Waals surface area contributed by atoms with Crippen molar-refractivity contribution in [3.8, 4) is 0 Å². The number of hydrogen-bond acceptors (Lipinski definition) is 21. The van der Waals surface area contributed by atoms with Gasteiger partial charge in [-0.1, -0.05) is 106 Å². The lowest BCUT2D eigenvalue weighted by molar-refractivity contribution is -0.137. The van der Waals surface area contributed by atoms with Crippen LogP contribution in [0.5, 0.6) is 0 Å². The summed E-state index contributed by atoms with van der Waals surface area (Å²) >= 11 is 0. The van der Waals surface area contributed by atoms with E-state index in [0.29, 0.717) is 104 Å². The Labute approximate surface area is 781 Å². The van der Waals surface area contributed by atoms with Gasteiger partial charge in [-0.05, 0) is 311 Å². The number of aliphatic carboxylic acids is 3. The second kappa shape index (κ2) is 44.6. The summed E-state index contributed by atoms with van der Waals surface area (Å²) in [5.74, 6) is 5.07. The number of oxime groups is 3.